The van der Waals surface area contributed by atoms with Crippen LogP contribution in [0, 0.1) is 17.8 Å². The van der Waals surface area contributed by atoms with Crippen LogP contribution in [0.4, 0.5) is 0 Å². The summed E-state index contributed by atoms with van der Waals surface area (Å²) < 4.78 is 16.4. The molecule has 1 aliphatic heterocycles. The molecule has 0 aromatic heterocycles. The monoisotopic (exact) mass is 717 g/mol. The van der Waals surface area contributed by atoms with E-state index in [-0.39, 0.29) is 17.9 Å². The van der Waals surface area contributed by atoms with Crippen molar-refractivity contribution >= 4 is 11.9 Å². The molecule has 5 unspecified atom stereocenters. The van der Waals surface area contributed by atoms with Gasteiger partial charge in [-0.1, -0.05) is 200 Å². The van der Waals surface area contributed by atoms with Crippen LogP contribution < -0.4 is 0 Å². The highest BCUT2D eigenvalue weighted by Crippen LogP contribution is 2.40. The molecule has 5 heteroatoms. The molecule has 0 aromatic rings. The maximum Gasteiger partial charge on any atom is 0.330 e. The van der Waals surface area contributed by atoms with Gasteiger partial charge in [0.25, 0.3) is 0 Å². The number of unbranched alkanes of at least 4 members (excludes halogenated alkanes) is 22. The van der Waals surface area contributed by atoms with Gasteiger partial charge in [-0.15, -0.1) is 0 Å². The van der Waals surface area contributed by atoms with E-state index >= 15 is 0 Å². The predicted molar refractivity (Wildman–Crippen MR) is 215 cm³/mol. The number of rotatable bonds is 37. The third-order valence-electron chi connectivity index (χ3n) is 12.0. The van der Waals surface area contributed by atoms with E-state index < -0.39 is 0 Å². The summed E-state index contributed by atoms with van der Waals surface area (Å²) in [6.45, 7) is 9.22. The van der Waals surface area contributed by atoms with E-state index in [1.54, 1.807) is 0 Å². The van der Waals surface area contributed by atoms with Crippen LogP contribution in [0.25, 0.3) is 0 Å². The van der Waals surface area contributed by atoms with Crippen molar-refractivity contribution in [2.45, 2.75) is 238 Å². The molecule has 51 heavy (non-hydrogen) atoms. The Kier molecular flexibility index (Phi) is 28.8. The predicted octanol–water partition coefficient (Wildman–Crippen LogP) is 13.8. The lowest BCUT2D eigenvalue weighted by Gasteiger charge is -2.28. The summed E-state index contributed by atoms with van der Waals surface area (Å²) in [5, 5.41) is 0. The molecular formula is C46H84O5. The van der Waals surface area contributed by atoms with Gasteiger partial charge in [0.15, 0.2) is 0 Å². The second-order valence-electron chi connectivity index (χ2n) is 16.4. The summed E-state index contributed by atoms with van der Waals surface area (Å²) in [6.07, 6.45) is 45.2. The first-order valence-corrected chi connectivity index (χ1v) is 22.7. The summed E-state index contributed by atoms with van der Waals surface area (Å²) in [4.78, 5) is 23.7. The van der Waals surface area contributed by atoms with Gasteiger partial charge in [-0.2, -0.15) is 0 Å². The third kappa shape index (κ3) is 24.6. The molecule has 2 fully saturated rings. The highest BCUT2D eigenvalue weighted by Gasteiger charge is 2.46. The maximum atomic E-state index is 12.4. The van der Waals surface area contributed by atoms with Crippen LogP contribution >= 0.6 is 0 Å². The molecule has 298 valence electrons. The average Bonchev–Trinajstić information content (AvgIpc) is 3.93. The molecule has 1 aliphatic carbocycles. The Morgan fingerprint density at radius 2 is 0.941 bits per heavy atom. The minimum Gasteiger partial charge on any atom is -0.465 e. The smallest absolute Gasteiger partial charge is 0.330 e. The van der Waals surface area contributed by atoms with Gasteiger partial charge in [0.1, 0.15) is 0 Å². The van der Waals surface area contributed by atoms with Crippen LogP contribution in [0.15, 0.2) is 12.7 Å². The van der Waals surface area contributed by atoms with Crippen molar-refractivity contribution in [1.29, 1.82) is 0 Å². The molecule has 1 saturated carbocycles. The minimum absolute atomic E-state index is 0.0192. The molecule has 0 bridgehead atoms. The minimum atomic E-state index is -0.301. The fourth-order valence-electron chi connectivity index (χ4n) is 8.53. The van der Waals surface area contributed by atoms with Gasteiger partial charge in [0, 0.05) is 6.08 Å². The van der Waals surface area contributed by atoms with Crippen molar-refractivity contribution in [3.8, 4) is 0 Å². The standard InChI is InChI=1S/C46H84O5/c1-4-7-9-11-13-19-25-31-40(33-27-21-15-17-23-29-37-49-45(47)6-3)41(32-26-20-14-12-10-8-5-2)34-28-22-16-18-24-30-38-50-46(48)42-35-36-43-44(39-42)51-43/h6,40-44H,3-5,7-39H2,1-2H3. The van der Waals surface area contributed by atoms with E-state index in [0.717, 1.165) is 50.4 Å². The van der Waals surface area contributed by atoms with Crippen LogP contribution in [0.5, 0.6) is 0 Å². The highest BCUT2D eigenvalue weighted by molar-refractivity contribution is 5.81. The zero-order valence-corrected chi connectivity index (χ0v) is 34.0. The fraction of sp³-hybridized carbons (Fsp3) is 0.913. The first-order valence-electron chi connectivity index (χ1n) is 22.7. The van der Waals surface area contributed by atoms with E-state index in [2.05, 4.69) is 20.4 Å². The zero-order chi connectivity index (χ0) is 36.6. The van der Waals surface area contributed by atoms with E-state index in [4.69, 9.17) is 14.2 Å². The van der Waals surface area contributed by atoms with Gasteiger partial charge in [-0.05, 0) is 43.9 Å². The number of carbonyl (C=O) groups excluding carboxylic acids is 2. The normalized spacial score (nSPS) is 19.3. The lowest BCUT2D eigenvalue weighted by molar-refractivity contribution is -0.149. The van der Waals surface area contributed by atoms with Crippen LogP contribution in [0.3, 0.4) is 0 Å². The lowest BCUT2D eigenvalue weighted by Crippen LogP contribution is -2.24. The largest absolute Gasteiger partial charge is 0.465 e. The molecule has 0 amide bonds. The number of epoxide rings is 1. The van der Waals surface area contributed by atoms with Crippen LogP contribution in [-0.4, -0.2) is 37.4 Å². The maximum absolute atomic E-state index is 12.4. The van der Waals surface area contributed by atoms with Gasteiger partial charge >= 0.3 is 11.9 Å². The van der Waals surface area contributed by atoms with Gasteiger partial charge in [0.05, 0.1) is 31.3 Å². The molecule has 0 radical (unpaired) electrons. The lowest BCUT2D eigenvalue weighted by atomic mass is 9.78. The van der Waals surface area contributed by atoms with Gasteiger partial charge in [-0.25, -0.2) is 4.79 Å². The first-order chi connectivity index (χ1) is 25.1. The molecular weight excluding hydrogens is 633 g/mol. The molecule has 0 N–H and O–H groups in total. The van der Waals surface area contributed by atoms with Crippen molar-refractivity contribution in [3.05, 3.63) is 12.7 Å². The van der Waals surface area contributed by atoms with Crippen LogP contribution in [0.1, 0.15) is 226 Å². The number of hydrogen-bond donors (Lipinski definition) is 0. The van der Waals surface area contributed by atoms with Gasteiger partial charge in [-0.3, -0.25) is 4.79 Å². The summed E-state index contributed by atoms with van der Waals surface area (Å²) in [6, 6.07) is 0. The molecule has 2 rings (SSSR count). The second-order valence-corrected chi connectivity index (χ2v) is 16.4. The van der Waals surface area contributed by atoms with Crippen molar-refractivity contribution in [2.75, 3.05) is 13.2 Å². The van der Waals surface area contributed by atoms with E-state index in [9.17, 15) is 9.59 Å². The highest BCUT2D eigenvalue weighted by atomic mass is 16.6. The first kappa shape index (κ1) is 45.8. The summed E-state index contributed by atoms with van der Waals surface area (Å²) in [5.41, 5.74) is 0. The number of fused-ring (bicyclic) bond motifs is 1. The van der Waals surface area contributed by atoms with Crippen LogP contribution in [0.2, 0.25) is 0 Å². The molecule has 5 nitrogen and oxygen atoms in total. The van der Waals surface area contributed by atoms with Crippen molar-refractivity contribution in [1.82, 2.24) is 0 Å². The van der Waals surface area contributed by atoms with Crippen molar-refractivity contribution in [2.24, 2.45) is 17.8 Å². The van der Waals surface area contributed by atoms with E-state index in [1.807, 2.05) is 0 Å². The zero-order valence-electron chi connectivity index (χ0n) is 34.0. The quantitative estimate of drug-likeness (QED) is 0.0277. The Hall–Kier alpha value is -1.36. The number of ether oxygens (including phenoxy) is 3. The average molecular weight is 717 g/mol. The third-order valence-corrected chi connectivity index (χ3v) is 12.0. The number of hydrogen-bond acceptors (Lipinski definition) is 5. The summed E-state index contributed by atoms with van der Waals surface area (Å²) in [7, 11) is 0. The molecule has 5 atom stereocenters. The van der Waals surface area contributed by atoms with Gasteiger partial charge < -0.3 is 14.2 Å². The molecule has 1 saturated heterocycles. The Morgan fingerprint density at radius 1 is 0.549 bits per heavy atom. The Bertz CT molecular complexity index is 841. The Labute approximate surface area is 316 Å². The van der Waals surface area contributed by atoms with Gasteiger partial charge in [0.2, 0.25) is 0 Å². The second kappa shape index (κ2) is 32.1. The molecule has 2 aliphatic rings. The van der Waals surface area contributed by atoms with E-state index in [1.165, 1.54) is 179 Å². The van der Waals surface area contributed by atoms with Crippen LogP contribution in [-0.2, 0) is 23.8 Å². The SMILES string of the molecule is C=CC(=O)OCCCCCCCCC(CCCCCCCCC)C(CCCCCCCCC)CCCCCCCCOC(=O)C1CCC2OC2C1. The molecule has 1 heterocycles. The number of esters is 2. The summed E-state index contributed by atoms with van der Waals surface area (Å²) >= 11 is 0. The molecule has 0 spiro atoms. The van der Waals surface area contributed by atoms with E-state index in [0.29, 0.717) is 25.4 Å². The Balaban J connectivity index is 1.72. The molecule has 0 aromatic carbocycles. The van der Waals surface area contributed by atoms with Crippen molar-refractivity contribution in [3.63, 3.8) is 0 Å². The number of carbonyl (C=O) groups is 2. The summed E-state index contributed by atoms with van der Waals surface area (Å²) in [5.74, 6) is 1.59. The Morgan fingerprint density at radius 3 is 1.35 bits per heavy atom. The van der Waals surface area contributed by atoms with Crippen molar-refractivity contribution < 1.29 is 23.8 Å². The topological polar surface area (TPSA) is 65.1 Å². The fourth-order valence-corrected chi connectivity index (χ4v) is 8.53.